The van der Waals surface area contributed by atoms with E-state index in [0.29, 0.717) is 0 Å². The van der Waals surface area contributed by atoms with Crippen molar-refractivity contribution in [3.63, 3.8) is 0 Å². The second-order valence-corrected chi connectivity index (χ2v) is 3.38. The van der Waals surface area contributed by atoms with Gasteiger partial charge in [-0.15, -0.1) is 0 Å². The first-order valence-electron chi connectivity index (χ1n) is 5.28. The molecule has 0 aromatic heterocycles. The van der Waals surface area contributed by atoms with E-state index in [4.69, 9.17) is 9.47 Å². The Morgan fingerprint density at radius 1 is 1.46 bits per heavy atom. The van der Waals surface area contributed by atoms with E-state index in [2.05, 4.69) is 12.2 Å². The average Bonchev–Trinajstić information content (AvgIpc) is 2.19. The third kappa shape index (κ3) is 5.06. The lowest BCUT2D eigenvalue weighted by atomic mass is 10.2. The van der Waals surface area contributed by atoms with Crippen LogP contribution in [0.1, 0.15) is 39.0 Å². The van der Waals surface area contributed by atoms with Gasteiger partial charge in [0.05, 0.1) is 6.61 Å². The molecule has 2 nitrogen and oxygen atoms in total. The van der Waals surface area contributed by atoms with E-state index in [9.17, 15) is 0 Å². The van der Waals surface area contributed by atoms with Crippen molar-refractivity contribution in [2.45, 2.75) is 45.3 Å². The van der Waals surface area contributed by atoms with Crippen molar-refractivity contribution in [1.82, 2.24) is 0 Å². The molecule has 1 fully saturated rings. The predicted molar refractivity (Wildman–Crippen MR) is 53.6 cm³/mol. The van der Waals surface area contributed by atoms with Crippen LogP contribution in [0, 0.1) is 0 Å². The number of rotatable bonds is 5. The highest BCUT2D eigenvalue weighted by Crippen LogP contribution is 2.13. The maximum Gasteiger partial charge on any atom is 0.157 e. The van der Waals surface area contributed by atoms with Gasteiger partial charge in [0.15, 0.2) is 6.29 Å². The minimum Gasteiger partial charge on any atom is -0.353 e. The Bertz CT molecular complexity index is 137. The maximum absolute atomic E-state index is 5.57. The van der Waals surface area contributed by atoms with Crippen LogP contribution in [-0.2, 0) is 9.47 Å². The number of allylic oxidation sites excluding steroid dienone is 2. The van der Waals surface area contributed by atoms with Gasteiger partial charge in [-0.2, -0.15) is 0 Å². The summed E-state index contributed by atoms with van der Waals surface area (Å²) in [7, 11) is 0. The molecule has 1 rings (SSSR count). The highest BCUT2D eigenvalue weighted by atomic mass is 16.7. The summed E-state index contributed by atoms with van der Waals surface area (Å²) in [6, 6.07) is 0. The topological polar surface area (TPSA) is 18.5 Å². The van der Waals surface area contributed by atoms with Gasteiger partial charge in [-0.3, -0.25) is 0 Å². The maximum atomic E-state index is 5.57. The Hall–Kier alpha value is -0.340. The zero-order valence-corrected chi connectivity index (χ0v) is 8.50. The lowest BCUT2D eigenvalue weighted by Crippen LogP contribution is -2.22. The molecule has 1 aliphatic rings. The van der Waals surface area contributed by atoms with Crippen LogP contribution in [0.4, 0.5) is 0 Å². The predicted octanol–water partition coefficient (Wildman–Crippen LogP) is 2.89. The van der Waals surface area contributed by atoms with E-state index in [0.717, 1.165) is 32.5 Å². The van der Waals surface area contributed by atoms with E-state index in [1.54, 1.807) is 0 Å². The molecule has 2 heteroatoms. The van der Waals surface area contributed by atoms with Crippen LogP contribution in [0.2, 0.25) is 0 Å². The number of hydrogen-bond donors (Lipinski definition) is 0. The Labute approximate surface area is 80.9 Å². The molecule has 0 radical (unpaired) electrons. The average molecular weight is 184 g/mol. The van der Waals surface area contributed by atoms with E-state index in [1.807, 2.05) is 6.92 Å². The van der Waals surface area contributed by atoms with Gasteiger partial charge in [-0.1, -0.05) is 12.2 Å². The fourth-order valence-corrected chi connectivity index (χ4v) is 1.43. The summed E-state index contributed by atoms with van der Waals surface area (Å²) in [5, 5.41) is 0. The monoisotopic (exact) mass is 184 g/mol. The van der Waals surface area contributed by atoms with Crippen LogP contribution in [0.25, 0.3) is 0 Å². The minimum absolute atomic E-state index is 0.0827. The normalized spacial score (nSPS) is 23.9. The van der Waals surface area contributed by atoms with E-state index in [-0.39, 0.29) is 6.29 Å². The van der Waals surface area contributed by atoms with Crippen molar-refractivity contribution < 1.29 is 9.47 Å². The van der Waals surface area contributed by atoms with Gasteiger partial charge in [-0.25, -0.2) is 0 Å². The molecule has 1 aliphatic heterocycles. The summed E-state index contributed by atoms with van der Waals surface area (Å²) < 4.78 is 11.0. The lowest BCUT2D eigenvalue weighted by molar-refractivity contribution is -0.162. The van der Waals surface area contributed by atoms with Crippen molar-refractivity contribution in [1.29, 1.82) is 0 Å². The Morgan fingerprint density at radius 3 is 3.08 bits per heavy atom. The molecule has 0 saturated carbocycles. The van der Waals surface area contributed by atoms with Crippen LogP contribution in [0.5, 0.6) is 0 Å². The third-order valence-electron chi connectivity index (χ3n) is 2.19. The molecular weight excluding hydrogens is 164 g/mol. The summed E-state index contributed by atoms with van der Waals surface area (Å²) in [4.78, 5) is 0. The van der Waals surface area contributed by atoms with Gasteiger partial charge in [0, 0.05) is 6.61 Å². The minimum atomic E-state index is 0.0827. The zero-order valence-electron chi connectivity index (χ0n) is 8.50. The van der Waals surface area contributed by atoms with Crippen molar-refractivity contribution >= 4 is 0 Å². The molecule has 1 unspecified atom stereocenters. The summed E-state index contributed by atoms with van der Waals surface area (Å²) in [6.07, 6.45) is 10.1. The summed E-state index contributed by atoms with van der Waals surface area (Å²) >= 11 is 0. The molecule has 0 N–H and O–H groups in total. The Kier molecular flexibility index (Phi) is 5.87. The molecule has 0 bridgehead atoms. The Morgan fingerprint density at radius 2 is 2.38 bits per heavy atom. The summed E-state index contributed by atoms with van der Waals surface area (Å²) in [5.41, 5.74) is 0. The highest BCUT2D eigenvalue weighted by Gasteiger charge is 2.12. The number of unbranched alkanes of at least 4 members (excludes halogenated alkanes) is 1. The van der Waals surface area contributed by atoms with E-state index < -0.39 is 0 Å². The van der Waals surface area contributed by atoms with Crippen LogP contribution < -0.4 is 0 Å². The van der Waals surface area contributed by atoms with Crippen molar-refractivity contribution in [2.24, 2.45) is 0 Å². The van der Waals surface area contributed by atoms with Crippen molar-refractivity contribution in [3.8, 4) is 0 Å². The highest BCUT2D eigenvalue weighted by molar-refractivity contribution is 4.76. The first-order valence-corrected chi connectivity index (χ1v) is 5.28. The van der Waals surface area contributed by atoms with E-state index >= 15 is 0 Å². The summed E-state index contributed by atoms with van der Waals surface area (Å²) in [6.45, 7) is 3.75. The standard InChI is InChI=1S/C11H20O2/c1-2-3-4-6-9-12-11-8-5-7-10-13-11/h2-3,11H,4-10H2,1H3. The molecule has 0 amide bonds. The van der Waals surface area contributed by atoms with Crippen LogP contribution in [0.3, 0.4) is 0 Å². The third-order valence-corrected chi connectivity index (χ3v) is 2.19. The zero-order chi connectivity index (χ0) is 9.36. The number of hydrogen-bond acceptors (Lipinski definition) is 2. The van der Waals surface area contributed by atoms with Crippen molar-refractivity contribution in [3.05, 3.63) is 12.2 Å². The largest absolute Gasteiger partial charge is 0.353 e. The van der Waals surface area contributed by atoms with Gasteiger partial charge in [0.25, 0.3) is 0 Å². The molecular formula is C11H20O2. The molecule has 76 valence electrons. The Balaban J connectivity index is 1.92. The van der Waals surface area contributed by atoms with Crippen molar-refractivity contribution in [2.75, 3.05) is 13.2 Å². The second kappa shape index (κ2) is 7.10. The van der Waals surface area contributed by atoms with Crippen LogP contribution in [-0.4, -0.2) is 19.5 Å². The van der Waals surface area contributed by atoms with Crippen LogP contribution >= 0.6 is 0 Å². The lowest BCUT2D eigenvalue weighted by Gasteiger charge is -2.22. The molecule has 0 aromatic rings. The molecule has 0 aromatic carbocycles. The first-order chi connectivity index (χ1) is 6.43. The number of ether oxygens (including phenoxy) is 2. The fraction of sp³-hybridized carbons (Fsp3) is 0.818. The molecule has 0 spiro atoms. The molecule has 1 atom stereocenters. The van der Waals surface area contributed by atoms with Gasteiger partial charge < -0.3 is 9.47 Å². The van der Waals surface area contributed by atoms with E-state index in [1.165, 1.54) is 12.8 Å². The fourth-order valence-electron chi connectivity index (χ4n) is 1.43. The quantitative estimate of drug-likeness (QED) is 0.483. The molecule has 1 heterocycles. The summed E-state index contributed by atoms with van der Waals surface area (Å²) in [5.74, 6) is 0. The molecule has 0 aliphatic carbocycles. The van der Waals surface area contributed by atoms with Gasteiger partial charge in [-0.05, 0) is 39.0 Å². The van der Waals surface area contributed by atoms with Gasteiger partial charge in [0.2, 0.25) is 0 Å². The van der Waals surface area contributed by atoms with Crippen LogP contribution in [0.15, 0.2) is 12.2 Å². The molecule has 13 heavy (non-hydrogen) atoms. The van der Waals surface area contributed by atoms with Gasteiger partial charge in [0.1, 0.15) is 0 Å². The van der Waals surface area contributed by atoms with Gasteiger partial charge >= 0.3 is 0 Å². The first kappa shape index (κ1) is 10.7. The SMILES string of the molecule is CC=CCCCOC1CCCCO1. The smallest absolute Gasteiger partial charge is 0.157 e. The second-order valence-electron chi connectivity index (χ2n) is 3.38. The molecule has 1 saturated heterocycles.